The minimum atomic E-state index is 0.654. The van der Waals surface area contributed by atoms with Gasteiger partial charge in [-0.05, 0) is 99.2 Å². The summed E-state index contributed by atoms with van der Waals surface area (Å²) in [5, 5.41) is 21.5. The molecule has 0 bridgehead atoms. The Bertz CT molecular complexity index is 1760. The van der Waals surface area contributed by atoms with Crippen LogP contribution in [0.15, 0.2) is 72.8 Å². The van der Waals surface area contributed by atoms with E-state index in [0.717, 1.165) is 11.1 Å². The molecule has 0 atom stereocenters. The lowest BCUT2D eigenvalue weighted by molar-refractivity contribution is 1.35. The maximum atomic E-state index is 9.43. The highest BCUT2D eigenvalue weighted by Gasteiger charge is 2.21. The van der Waals surface area contributed by atoms with Crippen LogP contribution in [-0.2, 0) is 0 Å². The largest absolute Gasteiger partial charge is 0.192 e. The number of nitrogens with zero attached hydrogens (tertiary/aromatic N) is 2. The molecule has 0 fully saturated rings. The zero-order chi connectivity index (χ0) is 28.6. The first-order valence-electron chi connectivity index (χ1n) is 13.3. The van der Waals surface area contributed by atoms with Crippen LogP contribution in [0.4, 0.5) is 0 Å². The monoisotopic (exact) mass is 552 g/mol. The lowest BCUT2D eigenvalue weighted by Crippen LogP contribution is -2.07. The first kappa shape index (κ1) is 27.5. The summed E-state index contributed by atoms with van der Waals surface area (Å²) in [5.74, 6) is 0. The molecular weight excluding hydrogens is 522 g/mol. The van der Waals surface area contributed by atoms with E-state index in [0.29, 0.717) is 11.1 Å². The van der Waals surface area contributed by atoms with E-state index in [1.54, 1.807) is 0 Å². The molecule has 0 aliphatic carbocycles. The van der Waals surface area contributed by atoms with E-state index in [9.17, 15) is 10.5 Å². The lowest BCUT2D eigenvalue weighted by Gasteiger charge is -2.20. The first-order chi connectivity index (χ1) is 19.2. The molecule has 5 rings (SSSR count). The number of hydrogen-bond donors (Lipinski definition) is 0. The van der Waals surface area contributed by atoms with Crippen molar-refractivity contribution in [3.63, 3.8) is 0 Å². The Morgan fingerprint density at radius 3 is 1.05 bits per heavy atom. The summed E-state index contributed by atoms with van der Waals surface area (Å²) in [7, 11) is 2.36. The number of aryl methyl sites for hydroxylation is 6. The second kappa shape index (κ2) is 11.2. The van der Waals surface area contributed by atoms with Gasteiger partial charge in [-0.2, -0.15) is 10.5 Å². The van der Waals surface area contributed by atoms with Crippen molar-refractivity contribution < 1.29 is 0 Å². The van der Waals surface area contributed by atoms with Gasteiger partial charge >= 0.3 is 0 Å². The average molecular weight is 553 g/mol. The predicted octanol–water partition coefficient (Wildman–Crippen LogP) is 9.10. The van der Waals surface area contributed by atoms with Crippen molar-refractivity contribution >= 4 is 27.0 Å². The Morgan fingerprint density at radius 2 is 0.775 bits per heavy atom. The molecule has 2 nitrogen and oxygen atoms in total. The maximum Gasteiger partial charge on any atom is 0.0991 e. The minimum Gasteiger partial charge on any atom is -0.192 e. The SMILES string of the molecule is Cc1cc(C)c(P=c2c(-c3ccc(C#N)cc3)c(-c3ccc(C#N)cc3)c2=Pc2c(C)cc(C)cc2C)c(C)c1. The van der Waals surface area contributed by atoms with Crippen LogP contribution in [0.3, 0.4) is 0 Å². The summed E-state index contributed by atoms with van der Waals surface area (Å²) >= 11 is 0. The van der Waals surface area contributed by atoms with E-state index >= 15 is 0 Å². The highest BCUT2D eigenvalue weighted by Crippen LogP contribution is 2.44. The number of nitriles is 2. The fourth-order valence-corrected chi connectivity index (χ4v) is 8.39. The third-order valence-corrected chi connectivity index (χ3v) is 10.6. The molecule has 194 valence electrons. The van der Waals surface area contributed by atoms with Crippen molar-refractivity contribution in [3.05, 3.63) is 127 Å². The molecule has 5 aromatic rings. The Morgan fingerprint density at radius 1 is 0.475 bits per heavy atom. The standard InChI is InChI=1S/C36H30N2P2/c1-21-15-23(3)33(24(4)16-21)39-35-31(29-11-7-27(19-37)8-12-29)32(30-13-9-28(20-38)10-14-30)36(35)40-34-25(5)17-22(2)18-26(34)6/h7-18H,1-6H3. The van der Waals surface area contributed by atoms with Crippen LogP contribution in [0.25, 0.3) is 22.3 Å². The summed E-state index contributed by atoms with van der Waals surface area (Å²) in [6.45, 7) is 13.1. The van der Waals surface area contributed by atoms with Crippen molar-refractivity contribution in [2.75, 3.05) is 0 Å². The summed E-state index contributed by atoms with van der Waals surface area (Å²) < 4.78 is 0. The molecule has 4 heteroatoms. The smallest absolute Gasteiger partial charge is 0.0991 e. The molecule has 0 aliphatic rings. The van der Waals surface area contributed by atoms with Gasteiger partial charge in [0.1, 0.15) is 0 Å². The predicted molar refractivity (Wildman–Crippen MR) is 170 cm³/mol. The zero-order valence-corrected chi connectivity index (χ0v) is 25.5. The van der Waals surface area contributed by atoms with E-state index in [2.05, 4.69) is 102 Å². The quantitative estimate of drug-likeness (QED) is 0.209. The van der Waals surface area contributed by atoms with E-state index in [1.165, 1.54) is 81.4 Å². The van der Waals surface area contributed by atoms with Gasteiger partial charge in [-0.15, -0.1) is 0 Å². The summed E-state index contributed by atoms with van der Waals surface area (Å²) in [6, 6.07) is 29.5. The molecule has 0 N–H and O–H groups in total. The van der Waals surface area contributed by atoms with Gasteiger partial charge in [-0.3, -0.25) is 0 Å². The molecule has 40 heavy (non-hydrogen) atoms. The Kier molecular flexibility index (Phi) is 7.70. The molecular formula is C36H30N2P2. The van der Waals surface area contributed by atoms with Crippen LogP contribution in [0.1, 0.15) is 44.5 Å². The van der Waals surface area contributed by atoms with Gasteiger partial charge in [0.25, 0.3) is 0 Å². The van der Waals surface area contributed by atoms with Crippen molar-refractivity contribution in [2.45, 2.75) is 41.5 Å². The highest BCUT2D eigenvalue weighted by molar-refractivity contribution is 7.42. The lowest BCUT2D eigenvalue weighted by atomic mass is 9.90. The third kappa shape index (κ3) is 5.23. The van der Waals surface area contributed by atoms with Gasteiger partial charge < -0.3 is 0 Å². The average Bonchev–Trinajstić information content (AvgIpc) is 2.91. The topological polar surface area (TPSA) is 47.6 Å². The number of hydrogen-bond acceptors (Lipinski definition) is 2. The van der Waals surface area contributed by atoms with Crippen LogP contribution in [0, 0.1) is 74.1 Å². The van der Waals surface area contributed by atoms with Gasteiger partial charge in [-0.25, -0.2) is 0 Å². The molecule has 0 heterocycles. The molecule has 0 spiro atoms. The molecule has 0 saturated carbocycles. The fourth-order valence-electron chi connectivity index (χ4n) is 5.53. The highest BCUT2D eigenvalue weighted by atomic mass is 31.1. The van der Waals surface area contributed by atoms with E-state index in [1.807, 2.05) is 24.3 Å². The summed E-state index contributed by atoms with van der Waals surface area (Å²) in [6.07, 6.45) is 0. The minimum absolute atomic E-state index is 0.654. The van der Waals surface area contributed by atoms with Gasteiger partial charge in [-0.1, -0.05) is 76.1 Å². The van der Waals surface area contributed by atoms with Crippen LogP contribution < -0.4 is 10.6 Å². The van der Waals surface area contributed by atoms with Crippen molar-refractivity contribution in [3.8, 4) is 34.4 Å². The Balaban J connectivity index is 1.92. The van der Waals surface area contributed by atoms with Crippen LogP contribution in [-0.4, -0.2) is 0 Å². The number of rotatable bonds is 4. The van der Waals surface area contributed by atoms with Gasteiger partial charge in [0.15, 0.2) is 0 Å². The van der Waals surface area contributed by atoms with Crippen LogP contribution in [0.5, 0.6) is 0 Å². The summed E-state index contributed by atoms with van der Waals surface area (Å²) in [4.78, 5) is 2.64. The van der Waals surface area contributed by atoms with Gasteiger partial charge in [0.05, 0.1) is 23.3 Å². The van der Waals surface area contributed by atoms with Crippen molar-refractivity contribution in [1.29, 1.82) is 10.5 Å². The molecule has 0 radical (unpaired) electrons. The van der Waals surface area contributed by atoms with E-state index in [-0.39, 0.29) is 0 Å². The van der Waals surface area contributed by atoms with Crippen LogP contribution in [0.2, 0.25) is 0 Å². The molecule has 0 aromatic heterocycles. The Hall–Kier alpha value is -4.06. The fraction of sp³-hybridized carbons (Fsp3) is 0.167. The zero-order valence-electron chi connectivity index (χ0n) is 23.7. The van der Waals surface area contributed by atoms with Crippen molar-refractivity contribution in [1.82, 2.24) is 0 Å². The molecule has 0 aliphatic heterocycles. The molecule has 0 amide bonds. The second-order valence-electron chi connectivity index (χ2n) is 10.5. The first-order valence-corrected chi connectivity index (χ1v) is 15.1. The van der Waals surface area contributed by atoms with Crippen LogP contribution >= 0.6 is 16.4 Å². The van der Waals surface area contributed by atoms with E-state index < -0.39 is 0 Å². The van der Waals surface area contributed by atoms with Gasteiger partial charge in [0.2, 0.25) is 0 Å². The maximum absolute atomic E-state index is 9.43. The molecule has 0 saturated heterocycles. The summed E-state index contributed by atoms with van der Waals surface area (Å²) in [5.41, 5.74) is 13.7. The van der Waals surface area contributed by atoms with E-state index in [4.69, 9.17) is 0 Å². The Labute approximate surface area is 240 Å². The normalized spacial score (nSPS) is 12.0. The second-order valence-corrected chi connectivity index (χ2v) is 12.8. The third-order valence-electron chi connectivity index (χ3n) is 7.27. The molecule has 0 unspecified atom stereocenters. The molecule has 5 aromatic carbocycles. The van der Waals surface area contributed by atoms with Gasteiger partial charge in [0, 0.05) is 31.6 Å². The van der Waals surface area contributed by atoms with Crippen molar-refractivity contribution in [2.24, 2.45) is 0 Å². The number of benzene rings is 4.